The molecule has 0 bridgehead atoms. The van der Waals surface area contributed by atoms with Crippen LogP contribution in [0.25, 0.3) is 0 Å². The zero-order chi connectivity index (χ0) is 12.8. The smallest absolute Gasteiger partial charge is 0.334 e. The second-order valence-corrected chi connectivity index (χ2v) is 4.67. The number of thioether (sulfide) groups is 1. The maximum absolute atomic E-state index is 11.3. The fourth-order valence-corrected chi connectivity index (χ4v) is 2.18. The number of benzene rings is 1. The van der Waals surface area contributed by atoms with Gasteiger partial charge in [0.05, 0.1) is 6.61 Å². The molecule has 1 rings (SSSR count). The fourth-order valence-electron chi connectivity index (χ4n) is 1.22. The monoisotopic (exact) mass is 251 g/mol. The van der Waals surface area contributed by atoms with Gasteiger partial charge in [-0.25, -0.2) is 4.79 Å². The van der Waals surface area contributed by atoms with Crippen molar-refractivity contribution in [1.82, 2.24) is 0 Å². The third-order valence-corrected chi connectivity index (χ3v) is 3.29. The maximum atomic E-state index is 11.3. The van der Waals surface area contributed by atoms with E-state index in [1.165, 1.54) is 11.8 Å². The van der Waals surface area contributed by atoms with Gasteiger partial charge in [0.15, 0.2) is 0 Å². The molecule has 2 N–H and O–H groups in total. The van der Waals surface area contributed by atoms with Crippen LogP contribution in [0, 0.1) is 6.92 Å². The minimum absolute atomic E-state index is 0.341. The first kappa shape index (κ1) is 13.6. The minimum Gasteiger partial charge on any atom is -0.463 e. The number of carbonyl (C=O) groups excluding carboxylic acids is 1. The zero-order valence-corrected chi connectivity index (χ0v) is 11.0. The summed E-state index contributed by atoms with van der Waals surface area (Å²) in [7, 11) is 0. The van der Waals surface area contributed by atoms with E-state index in [2.05, 4.69) is 6.58 Å². The Morgan fingerprint density at radius 1 is 1.53 bits per heavy atom. The lowest BCUT2D eigenvalue weighted by Crippen LogP contribution is -2.08. The normalized spacial score (nSPS) is 10.0. The van der Waals surface area contributed by atoms with Crippen LogP contribution in [0.5, 0.6) is 0 Å². The number of anilines is 1. The molecule has 4 heteroatoms. The Labute approximate surface area is 106 Å². The van der Waals surface area contributed by atoms with Gasteiger partial charge in [-0.05, 0) is 31.5 Å². The van der Waals surface area contributed by atoms with E-state index in [4.69, 9.17) is 10.5 Å². The van der Waals surface area contributed by atoms with Crippen LogP contribution in [0.1, 0.15) is 12.5 Å². The van der Waals surface area contributed by atoms with E-state index in [0.29, 0.717) is 17.9 Å². The molecule has 0 unspecified atom stereocenters. The molecule has 0 aliphatic carbocycles. The second kappa shape index (κ2) is 6.35. The van der Waals surface area contributed by atoms with Crippen LogP contribution in [0.2, 0.25) is 0 Å². The van der Waals surface area contributed by atoms with Gasteiger partial charge in [0.1, 0.15) is 0 Å². The average Bonchev–Trinajstić information content (AvgIpc) is 2.30. The van der Waals surface area contributed by atoms with E-state index < -0.39 is 0 Å². The molecule has 0 aliphatic rings. The number of aryl methyl sites for hydroxylation is 1. The summed E-state index contributed by atoms with van der Waals surface area (Å²) >= 11 is 1.50. The lowest BCUT2D eigenvalue weighted by molar-refractivity contribution is -0.138. The molecule has 3 nitrogen and oxygen atoms in total. The number of ether oxygens (including phenoxy) is 1. The fraction of sp³-hybridized carbons (Fsp3) is 0.308. The van der Waals surface area contributed by atoms with Crippen LogP contribution >= 0.6 is 11.8 Å². The molecule has 0 radical (unpaired) electrons. The van der Waals surface area contributed by atoms with Crippen molar-refractivity contribution in [3.05, 3.63) is 35.9 Å². The third-order valence-electron chi connectivity index (χ3n) is 2.14. The Morgan fingerprint density at radius 3 is 2.88 bits per heavy atom. The predicted octanol–water partition coefficient (Wildman–Crippen LogP) is 2.79. The summed E-state index contributed by atoms with van der Waals surface area (Å²) in [5.41, 5.74) is 8.16. The first-order chi connectivity index (χ1) is 8.04. The Bertz CT molecular complexity index is 429. The van der Waals surface area contributed by atoms with Crippen molar-refractivity contribution in [3.63, 3.8) is 0 Å². The Kier molecular flexibility index (Phi) is 5.10. The van der Waals surface area contributed by atoms with Crippen molar-refractivity contribution in [2.75, 3.05) is 18.1 Å². The molecule has 1 aromatic carbocycles. The lowest BCUT2D eigenvalue weighted by atomic mass is 10.2. The highest BCUT2D eigenvalue weighted by molar-refractivity contribution is 7.99. The van der Waals surface area contributed by atoms with Crippen molar-refractivity contribution in [3.8, 4) is 0 Å². The minimum atomic E-state index is -0.341. The summed E-state index contributed by atoms with van der Waals surface area (Å²) in [4.78, 5) is 12.3. The Morgan fingerprint density at radius 2 is 2.24 bits per heavy atom. The number of esters is 1. The van der Waals surface area contributed by atoms with Crippen LogP contribution < -0.4 is 5.73 Å². The summed E-state index contributed by atoms with van der Waals surface area (Å²) in [6.07, 6.45) is 0. The SMILES string of the molecule is C=C(CSc1cc(C)ccc1N)C(=O)OCC. The predicted molar refractivity (Wildman–Crippen MR) is 72.1 cm³/mol. The summed E-state index contributed by atoms with van der Waals surface area (Å²) in [6, 6.07) is 5.82. The van der Waals surface area contributed by atoms with Crippen molar-refractivity contribution in [1.29, 1.82) is 0 Å². The van der Waals surface area contributed by atoms with E-state index in [1.54, 1.807) is 6.92 Å². The molecule has 0 amide bonds. The number of hydrogen-bond acceptors (Lipinski definition) is 4. The highest BCUT2D eigenvalue weighted by atomic mass is 32.2. The molecular weight excluding hydrogens is 234 g/mol. The van der Waals surface area contributed by atoms with Crippen LogP contribution in [0.4, 0.5) is 5.69 Å². The van der Waals surface area contributed by atoms with E-state index in [9.17, 15) is 4.79 Å². The van der Waals surface area contributed by atoms with Crippen LogP contribution in [0.3, 0.4) is 0 Å². The van der Waals surface area contributed by atoms with Crippen molar-refractivity contribution < 1.29 is 9.53 Å². The van der Waals surface area contributed by atoms with Crippen molar-refractivity contribution in [2.24, 2.45) is 0 Å². The number of carbonyl (C=O) groups is 1. The molecule has 0 fully saturated rings. The second-order valence-electron chi connectivity index (χ2n) is 3.65. The highest BCUT2D eigenvalue weighted by Crippen LogP contribution is 2.27. The van der Waals surface area contributed by atoms with Gasteiger partial charge in [-0.1, -0.05) is 12.6 Å². The van der Waals surface area contributed by atoms with Crippen molar-refractivity contribution in [2.45, 2.75) is 18.7 Å². The first-order valence-electron chi connectivity index (χ1n) is 5.38. The number of hydrogen-bond donors (Lipinski definition) is 1. The molecule has 0 saturated carbocycles. The standard InChI is InChI=1S/C13H17NO2S/c1-4-16-13(15)10(3)8-17-12-7-9(2)5-6-11(12)14/h5-7H,3-4,8,14H2,1-2H3. The van der Waals surface area contributed by atoms with Crippen LogP contribution in [-0.4, -0.2) is 18.3 Å². The van der Waals surface area contributed by atoms with Gasteiger partial charge in [-0.2, -0.15) is 0 Å². The van der Waals surface area contributed by atoms with E-state index in [-0.39, 0.29) is 5.97 Å². The van der Waals surface area contributed by atoms with Gasteiger partial charge >= 0.3 is 5.97 Å². The summed E-state index contributed by atoms with van der Waals surface area (Å²) < 4.78 is 4.86. The average molecular weight is 251 g/mol. The highest BCUT2D eigenvalue weighted by Gasteiger charge is 2.09. The van der Waals surface area contributed by atoms with Crippen LogP contribution in [-0.2, 0) is 9.53 Å². The quantitative estimate of drug-likeness (QED) is 0.378. The van der Waals surface area contributed by atoms with E-state index >= 15 is 0 Å². The lowest BCUT2D eigenvalue weighted by Gasteiger charge is -2.08. The molecule has 0 heterocycles. The van der Waals surface area contributed by atoms with Crippen LogP contribution in [0.15, 0.2) is 35.2 Å². The first-order valence-corrected chi connectivity index (χ1v) is 6.37. The summed E-state index contributed by atoms with van der Waals surface area (Å²) in [5, 5.41) is 0. The number of nitrogens with two attached hydrogens (primary N) is 1. The van der Waals surface area contributed by atoms with E-state index in [1.807, 2.05) is 25.1 Å². The van der Waals surface area contributed by atoms with Gasteiger partial charge in [0, 0.05) is 21.9 Å². The molecular formula is C13H17NO2S. The largest absolute Gasteiger partial charge is 0.463 e. The molecule has 17 heavy (non-hydrogen) atoms. The summed E-state index contributed by atoms with van der Waals surface area (Å²) in [5.74, 6) is 0.151. The van der Waals surface area contributed by atoms with Gasteiger partial charge in [0.25, 0.3) is 0 Å². The van der Waals surface area contributed by atoms with Crippen molar-refractivity contribution >= 4 is 23.4 Å². The van der Waals surface area contributed by atoms with Gasteiger partial charge in [-0.3, -0.25) is 0 Å². The van der Waals surface area contributed by atoms with E-state index in [0.717, 1.165) is 16.1 Å². The van der Waals surface area contributed by atoms with Gasteiger partial charge in [0.2, 0.25) is 0 Å². The Hall–Kier alpha value is -1.42. The molecule has 0 spiro atoms. The summed E-state index contributed by atoms with van der Waals surface area (Å²) in [6.45, 7) is 7.85. The van der Waals surface area contributed by atoms with Gasteiger partial charge in [-0.15, -0.1) is 11.8 Å². The third kappa shape index (κ3) is 4.15. The molecule has 0 aromatic heterocycles. The zero-order valence-electron chi connectivity index (χ0n) is 10.2. The number of rotatable bonds is 5. The molecule has 1 aromatic rings. The van der Waals surface area contributed by atoms with Gasteiger partial charge < -0.3 is 10.5 Å². The molecule has 0 aliphatic heterocycles. The topological polar surface area (TPSA) is 52.3 Å². The molecule has 0 atom stereocenters. The maximum Gasteiger partial charge on any atom is 0.334 e. The molecule has 0 saturated heterocycles. The number of nitrogen functional groups attached to an aromatic ring is 1. The Balaban J connectivity index is 2.58. The molecule has 92 valence electrons.